The number of carbonyl (C=O) groups excluding carboxylic acids is 3. The Bertz CT molecular complexity index is 1690. The van der Waals surface area contributed by atoms with E-state index in [-0.39, 0.29) is 43.6 Å². The Balaban J connectivity index is 1.27. The summed E-state index contributed by atoms with van der Waals surface area (Å²) in [5.74, 6) is 1.18. The number of rotatable bonds is 3. The average molecular weight is 615 g/mol. The number of benzene rings is 2. The molecule has 0 unspecified atom stereocenters. The molecule has 13 nitrogen and oxygen atoms in total. The van der Waals surface area contributed by atoms with Crippen LogP contribution < -0.4 is 29.6 Å². The van der Waals surface area contributed by atoms with Gasteiger partial charge in [0, 0.05) is 62.6 Å². The highest BCUT2D eigenvalue weighted by molar-refractivity contribution is 5.93. The van der Waals surface area contributed by atoms with Crippen molar-refractivity contribution in [3.8, 4) is 23.0 Å². The monoisotopic (exact) mass is 614 g/mol. The van der Waals surface area contributed by atoms with Gasteiger partial charge in [0.1, 0.15) is 17.6 Å². The van der Waals surface area contributed by atoms with Gasteiger partial charge < -0.3 is 34.5 Å². The van der Waals surface area contributed by atoms with Crippen LogP contribution in [0.1, 0.15) is 34.5 Å². The molecular weight excluding hydrogens is 580 g/mol. The fourth-order valence-corrected chi connectivity index (χ4v) is 5.53. The van der Waals surface area contributed by atoms with Crippen molar-refractivity contribution in [3.05, 3.63) is 77.7 Å². The molecule has 1 fully saturated rings. The number of hydrogen-bond donors (Lipinski definition) is 2. The first-order valence-electron chi connectivity index (χ1n) is 14.7. The van der Waals surface area contributed by atoms with Gasteiger partial charge in [-0.3, -0.25) is 14.4 Å². The predicted molar refractivity (Wildman–Crippen MR) is 162 cm³/mol. The summed E-state index contributed by atoms with van der Waals surface area (Å²) in [6.07, 6.45) is 4.08. The molecule has 234 valence electrons. The molecule has 4 bridgehead atoms. The van der Waals surface area contributed by atoms with Crippen LogP contribution in [-0.4, -0.2) is 83.3 Å². The SMILES string of the molecule is COc1cc2ccc1CNC(=O)CCc1ccc(OC)c(c1)OCC(=O)N[C@@H]1CN(C(=O)c3cc4ncccn4n3)CC[C@@H]1O2. The van der Waals surface area contributed by atoms with Crippen LogP contribution in [0.5, 0.6) is 23.0 Å². The maximum atomic E-state index is 13.5. The third kappa shape index (κ3) is 6.77. The highest BCUT2D eigenvalue weighted by atomic mass is 16.5. The lowest BCUT2D eigenvalue weighted by Crippen LogP contribution is -2.58. The quantitative estimate of drug-likeness (QED) is 0.355. The molecular formula is C32H34N6O7. The number of nitrogens with zero attached hydrogens (tertiary/aromatic N) is 4. The van der Waals surface area contributed by atoms with Crippen LogP contribution in [-0.2, 0) is 22.6 Å². The summed E-state index contributed by atoms with van der Waals surface area (Å²) in [4.78, 5) is 45.3. The molecule has 13 heteroatoms. The molecule has 0 saturated carbocycles. The van der Waals surface area contributed by atoms with Gasteiger partial charge in [-0.1, -0.05) is 6.07 Å². The number of piperidine rings is 1. The van der Waals surface area contributed by atoms with Crippen LogP contribution in [0.3, 0.4) is 0 Å². The lowest BCUT2D eigenvalue weighted by atomic mass is 10.0. The van der Waals surface area contributed by atoms with E-state index in [1.54, 1.807) is 65.3 Å². The Labute approximate surface area is 259 Å². The van der Waals surface area contributed by atoms with Crippen LogP contribution >= 0.6 is 0 Å². The van der Waals surface area contributed by atoms with E-state index >= 15 is 0 Å². The van der Waals surface area contributed by atoms with Gasteiger partial charge in [0.05, 0.1) is 20.3 Å². The summed E-state index contributed by atoms with van der Waals surface area (Å²) in [7, 11) is 3.08. The molecule has 0 aliphatic carbocycles. The van der Waals surface area contributed by atoms with E-state index < -0.39 is 18.1 Å². The van der Waals surface area contributed by atoms with Crippen molar-refractivity contribution in [1.29, 1.82) is 0 Å². The van der Waals surface area contributed by atoms with E-state index in [1.807, 2.05) is 12.1 Å². The van der Waals surface area contributed by atoms with Crippen LogP contribution in [0.15, 0.2) is 60.9 Å². The minimum atomic E-state index is -0.561. The van der Waals surface area contributed by atoms with Gasteiger partial charge in [0.2, 0.25) is 5.91 Å². The molecule has 4 aromatic rings. The Morgan fingerprint density at radius 3 is 2.71 bits per heavy atom. The number of hydrogen-bond acceptors (Lipinski definition) is 9. The summed E-state index contributed by atoms with van der Waals surface area (Å²) in [5, 5.41) is 10.3. The number of fused-ring (bicyclic) bond motifs is 10. The van der Waals surface area contributed by atoms with Crippen LogP contribution in [0.2, 0.25) is 0 Å². The Kier molecular flexibility index (Phi) is 8.67. The molecule has 3 amide bonds. The molecule has 45 heavy (non-hydrogen) atoms. The van der Waals surface area contributed by atoms with Crippen molar-refractivity contribution in [2.75, 3.05) is 33.9 Å². The van der Waals surface area contributed by atoms with Crippen LogP contribution in [0.4, 0.5) is 0 Å². The molecule has 7 rings (SSSR count). The molecule has 2 aromatic heterocycles. The fraction of sp³-hybridized carbons (Fsp3) is 0.344. The number of ether oxygens (including phenoxy) is 4. The first-order valence-corrected chi connectivity index (χ1v) is 14.7. The second kappa shape index (κ2) is 13.1. The molecule has 0 radical (unpaired) electrons. The number of likely N-dealkylation sites (tertiary alicyclic amines) is 1. The molecule has 3 aliphatic heterocycles. The number of amides is 3. The summed E-state index contributed by atoms with van der Waals surface area (Å²) < 4.78 is 24.9. The van der Waals surface area contributed by atoms with Crippen LogP contribution in [0.25, 0.3) is 5.65 Å². The van der Waals surface area contributed by atoms with Gasteiger partial charge in [-0.15, -0.1) is 0 Å². The standard InChI is InChI=1S/C32H34N6O7/c1-42-26-8-4-20-5-9-30(39)34-17-21-6-7-22(15-27(21)43-2)45-25-10-13-37(18-24(25)35-31(40)19-44-28(26)14-20)32(41)23-16-29-33-11-3-12-38(29)36-23/h3-4,6-8,11-12,14-16,24-25H,5,9-10,13,17-19H2,1-2H3,(H,34,39)(H,35,40)/t24-,25+/m1/s1. The third-order valence-electron chi connectivity index (χ3n) is 7.89. The normalized spacial score (nSPS) is 19.1. The molecule has 0 spiro atoms. The number of methoxy groups -OCH3 is 2. The van der Waals surface area contributed by atoms with E-state index in [0.717, 1.165) is 11.1 Å². The Morgan fingerprint density at radius 1 is 1.02 bits per heavy atom. The minimum absolute atomic E-state index is 0.114. The minimum Gasteiger partial charge on any atom is -0.496 e. The molecule has 5 heterocycles. The topological polar surface area (TPSA) is 146 Å². The van der Waals surface area contributed by atoms with E-state index in [4.69, 9.17) is 18.9 Å². The highest BCUT2D eigenvalue weighted by Crippen LogP contribution is 2.30. The second-order valence-electron chi connectivity index (χ2n) is 10.8. The van der Waals surface area contributed by atoms with Crippen molar-refractivity contribution < 1.29 is 33.3 Å². The zero-order valence-corrected chi connectivity index (χ0v) is 25.0. The van der Waals surface area contributed by atoms with Gasteiger partial charge in [-0.05, 0) is 42.3 Å². The van der Waals surface area contributed by atoms with Crippen molar-refractivity contribution >= 4 is 23.4 Å². The zero-order chi connectivity index (χ0) is 31.3. The Hall–Kier alpha value is -5.33. The summed E-state index contributed by atoms with van der Waals surface area (Å²) >= 11 is 0. The van der Waals surface area contributed by atoms with Crippen molar-refractivity contribution in [1.82, 2.24) is 30.1 Å². The molecule has 1 saturated heterocycles. The largest absolute Gasteiger partial charge is 0.496 e. The van der Waals surface area contributed by atoms with Crippen molar-refractivity contribution in [2.24, 2.45) is 0 Å². The van der Waals surface area contributed by atoms with Crippen molar-refractivity contribution in [2.45, 2.75) is 38.0 Å². The second-order valence-corrected chi connectivity index (χ2v) is 10.8. The first-order chi connectivity index (χ1) is 21.9. The lowest BCUT2D eigenvalue weighted by molar-refractivity contribution is -0.125. The third-order valence-corrected chi connectivity index (χ3v) is 7.89. The predicted octanol–water partition coefficient (Wildman–Crippen LogP) is 2.17. The fourth-order valence-electron chi connectivity index (χ4n) is 5.53. The van der Waals surface area contributed by atoms with Gasteiger partial charge in [-0.2, -0.15) is 5.10 Å². The van der Waals surface area contributed by atoms with Crippen LogP contribution in [0, 0.1) is 0 Å². The molecule has 2 atom stereocenters. The first kappa shape index (κ1) is 29.7. The van der Waals surface area contributed by atoms with Gasteiger partial charge in [-0.25, -0.2) is 9.50 Å². The van der Waals surface area contributed by atoms with E-state index in [0.29, 0.717) is 48.0 Å². The van der Waals surface area contributed by atoms with Gasteiger partial charge >= 0.3 is 0 Å². The number of carbonyl (C=O) groups is 3. The lowest BCUT2D eigenvalue weighted by Gasteiger charge is -2.38. The summed E-state index contributed by atoms with van der Waals surface area (Å²) in [5.41, 5.74) is 2.48. The van der Waals surface area contributed by atoms with E-state index in [2.05, 4.69) is 20.7 Å². The summed E-state index contributed by atoms with van der Waals surface area (Å²) in [6, 6.07) is 13.6. The maximum Gasteiger partial charge on any atom is 0.274 e. The molecule has 2 N–H and O–H groups in total. The van der Waals surface area contributed by atoms with E-state index in [1.165, 1.54) is 7.11 Å². The van der Waals surface area contributed by atoms with E-state index in [9.17, 15) is 14.4 Å². The number of nitrogens with one attached hydrogen (secondary N) is 2. The molecule has 3 aliphatic rings. The maximum absolute atomic E-state index is 13.5. The average Bonchev–Trinajstić information content (AvgIpc) is 3.50. The van der Waals surface area contributed by atoms with Crippen molar-refractivity contribution in [3.63, 3.8) is 0 Å². The number of aryl methyl sites for hydroxylation is 1. The summed E-state index contributed by atoms with van der Waals surface area (Å²) in [6.45, 7) is 0.574. The zero-order valence-electron chi connectivity index (χ0n) is 25.0. The number of aromatic nitrogens is 3. The highest BCUT2D eigenvalue weighted by Gasteiger charge is 2.35. The smallest absolute Gasteiger partial charge is 0.274 e. The Morgan fingerprint density at radius 2 is 1.89 bits per heavy atom. The van der Waals surface area contributed by atoms with Gasteiger partial charge in [0.25, 0.3) is 11.8 Å². The van der Waals surface area contributed by atoms with Gasteiger partial charge in [0.15, 0.2) is 29.4 Å². The molecule has 2 aromatic carbocycles.